The molecule has 0 aliphatic heterocycles. The molecule has 0 saturated carbocycles. The second-order valence-electron chi connectivity index (χ2n) is 6.52. The SMILES string of the molecule is Cn1c(COc2cccc(C(F)(F)F)c2)nnc1SCC(=O)Nc1ccccc1C(N)=O. The maximum Gasteiger partial charge on any atom is 0.416 e. The van der Waals surface area contributed by atoms with Gasteiger partial charge in [0, 0.05) is 7.05 Å². The molecule has 0 radical (unpaired) electrons. The van der Waals surface area contributed by atoms with Crippen molar-refractivity contribution < 1.29 is 27.5 Å². The third-order valence-corrected chi connectivity index (χ3v) is 5.27. The van der Waals surface area contributed by atoms with Gasteiger partial charge in [-0.05, 0) is 30.3 Å². The normalized spacial score (nSPS) is 11.2. The number of amides is 2. The largest absolute Gasteiger partial charge is 0.486 e. The molecule has 0 aliphatic carbocycles. The van der Waals surface area contributed by atoms with Crippen molar-refractivity contribution >= 4 is 29.3 Å². The van der Waals surface area contributed by atoms with Crippen molar-refractivity contribution in [2.45, 2.75) is 17.9 Å². The van der Waals surface area contributed by atoms with Crippen LogP contribution in [-0.2, 0) is 24.6 Å². The van der Waals surface area contributed by atoms with Gasteiger partial charge in [0.2, 0.25) is 5.91 Å². The topological polar surface area (TPSA) is 112 Å². The number of anilines is 1. The van der Waals surface area contributed by atoms with E-state index < -0.39 is 17.6 Å². The predicted octanol–water partition coefficient (Wildman–Crippen LogP) is 3.24. The summed E-state index contributed by atoms with van der Waals surface area (Å²) in [4.78, 5) is 23.7. The van der Waals surface area contributed by atoms with Crippen molar-refractivity contribution in [1.82, 2.24) is 14.8 Å². The van der Waals surface area contributed by atoms with Gasteiger partial charge in [-0.1, -0.05) is 30.0 Å². The molecule has 2 amide bonds. The molecule has 0 spiro atoms. The summed E-state index contributed by atoms with van der Waals surface area (Å²) >= 11 is 1.09. The zero-order valence-corrected chi connectivity index (χ0v) is 17.5. The highest BCUT2D eigenvalue weighted by Crippen LogP contribution is 2.31. The third kappa shape index (κ3) is 5.78. The summed E-state index contributed by atoms with van der Waals surface area (Å²) in [5, 5.41) is 11.0. The van der Waals surface area contributed by atoms with Crippen LogP contribution in [0.1, 0.15) is 21.7 Å². The van der Waals surface area contributed by atoms with Crippen LogP contribution in [-0.4, -0.2) is 32.3 Å². The van der Waals surface area contributed by atoms with Gasteiger partial charge in [0.25, 0.3) is 5.91 Å². The van der Waals surface area contributed by atoms with Crippen LogP contribution in [0.4, 0.5) is 18.9 Å². The molecule has 0 unspecified atom stereocenters. The van der Waals surface area contributed by atoms with Crippen LogP contribution < -0.4 is 15.8 Å². The minimum absolute atomic E-state index is 0.0203. The fourth-order valence-corrected chi connectivity index (χ4v) is 3.36. The van der Waals surface area contributed by atoms with E-state index in [1.807, 2.05) is 0 Å². The van der Waals surface area contributed by atoms with Gasteiger partial charge >= 0.3 is 6.18 Å². The Labute approximate surface area is 185 Å². The highest BCUT2D eigenvalue weighted by atomic mass is 32.2. The van der Waals surface area contributed by atoms with Crippen molar-refractivity contribution in [2.24, 2.45) is 12.8 Å². The number of nitrogens with two attached hydrogens (primary N) is 1. The number of hydrogen-bond donors (Lipinski definition) is 2. The van der Waals surface area contributed by atoms with Gasteiger partial charge in [0.15, 0.2) is 11.0 Å². The number of rotatable bonds is 8. The van der Waals surface area contributed by atoms with Crippen LogP contribution in [0.2, 0.25) is 0 Å². The van der Waals surface area contributed by atoms with Gasteiger partial charge in [0.05, 0.1) is 22.6 Å². The zero-order valence-electron chi connectivity index (χ0n) is 16.7. The number of nitrogens with one attached hydrogen (secondary N) is 1. The first-order chi connectivity index (χ1) is 15.1. The monoisotopic (exact) mass is 465 g/mol. The van der Waals surface area contributed by atoms with E-state index >= 15 is 0 Å². The second-order valence-corrected chi connectivity index (χ2v) is 7.46. The lowest BCUT2D eigenvalue weighted by Gasteiger charge is -2.10. The number of nitrogens with zero attached hydrogens (tertiary/aromatic N) is 3. The molecule has 1 heterocycles. The van der Waals surface area contributed by atoms with Crippen molar-refractivity contribution in [1.29, 1.82) is 0 Å². The number of alkyl halides is 3. The number of para-hydroxylation sites is 1. The Morgan fingerprint density at radius 3 is 2.62 bits per heavy atom. The van der Waals surface area contributed by atoms with E-state index in [1.54, 1.807) is 29.8 Å². The lowest BCUT2D eigenvalue weighted by molar-refractivity contribution is -0.137. The maximum absolute atomic E-state index is 12.8. The molecular weight excluding hydrogens is 447 g/mol. The summed E-state index contributed by atoms with van der Waals surface area (Å²) in [6.45, 7) is -0.108. The fraction of sp³-hybridized carbons (Fsp3) is 0.200. The molecule has 0 saturated heterocycles. The molecule has 0 bridgehead atoms. The van der Waals surface area contributed by atoms with E-state index in [2.05, 4.69) is 15.5 Å². The third-order valence-electron chi connectivity index (χ3n) is 4.25. The Morgan fingerprint density at radius 2 is 1.91 bits per heavy atom. The van der Waals surface area contributed by atoms with Crippen LogP contribution in [0.3, 0.4) is 0 Å². The zero-order chi connectivity index (χ0) is 23.3. The van der Waals surface area contributed by atoms with Crippen molar-refractivity contribution in [3.8, 4) is 5.75 Å². The number of hydrogen-bond acceptors (Lipinski definition) is 6. The highest BCUT2D eigenvalue weighted by Gasteiger charge is 2.30. The molecule has 3 aromatic rings. The minimum atomic E-state index is -4.47. The summed E-state index contributed by atoms with van der Waals surface area (Å²) in [5.41, 5.74) is 4.98. The van der Waals surface area contributed by atoms with E-state index in [0.29, 0.717) is 16.7 Å². The smallest absolute Gasteiger partial charge is 0.416 e. The summed E-state index contributed by atoms with van der Waals surface area (Å²) in [7, 11) is 1.65. The number of primary amides is 1. The predicted molar refractivity (Wildman–Crippen MR) is 111 cm³/mol. The number of carbonyl (C=O) groups excluding carboxylic acids is 2. The Bertz CT molecular complexity index is 1130. The lowest BCUT2D eigenvalue weighted by atomic mass is 10.1. The van der Waals surface area contributed by atoms with Crippen LogP contribution in [0, 0.1) is 0 Å². The number of ether oxygens (including phenoxy) is 1. The number of carbonyl (C=O) groups is 2. The molecule has 12 heteroatoms. The molecule has 0 aliphatic rings. The van der Waals surface area contributed by atoms with E-state index in [9.17, 15) is 22.8 Å². The Kier molecular flexibility index (Phi) is 7.03. The molecule has 2 aromatic carbocycles. The number of thioether (sulfide) groups is 1. The molecule has 8 nitrogen and oxygen atoms in total. The average molecular weight is 465 g/mol. The van der Waals surface area contributed by atoms with Gasteiger partial charge in [-0.3, -0.25) is 9.59 Å². The molecule has 3 N–H and O–H groups in total. The molecule has 0 atom stereocenters. The van der Waals surface area contributed by atoms with Gasteiger partial charge in [-0.15, -0.1) is 10.2 Å². The Morgan fingerprint density at radius 1 is 1.16 bits per heavy atom. The molecule has 168 valence electrons. The number of benzene rings is 2. The van der Waals surface area contributed by atoms with Crippen molar-refractivity contribution in [2.75, 3.05) is 11.1 Å². The molecule has 32 heavy (non-hydrogen) atoms. The average Bonchev–Trinajstić information content (AvgIpc) is 3.10. The second kappa shape index (κ2) is 9.73. The maximum atomic E-state index is 12.8. The summed E-state index contributed by atoms with van der Waals surface area (Å²) < 4.78 is 45.4. The van der Waals surface area contributed by atoms with E-state index in [4.69, 9.17) is 10.5 Å². The van der Waals surface area contributed by atoms with Crippen LogP contribution in [0.25, 0.3) is 0 Å². The number of aromatic nitrogens is 3. The highest BCUT2D eigenvalue weighted by molar-refractivity contribution is 7.99. The number of halogens is 3. The van der Waals surface area contributed by atoms with Gasteiger partial charge in [-0.25, -0.2) is 0 Å². The van der Waals surface area contributed by atoms with Gasteiger partial charge in [0.1, 0.15) is 12.4 Å². The first-order valence-electron chi connectivity index (χ1n) is 9.15. The molecular formula is C20H18F3N5O3S. The van der Waals surface area contributed by atoms with Crippen LogP contribution >= 0.6 is 11.8 Å². The quantitative estimate of drug-likeness (QED) is 0.494. The lowest BCUT2D eigenvalue weighted by Crippen LogP contribution is -2.19. The standard InChI is InChI=1S/C20H18F3N5O3S/c1-28-16(10-31-13-6-4-5-12(9-13)20(21,22)23)26-27-19(28)32-11-17(29)25-15-8-3-2-7-14(15)18(24)30/h2-9H,10-11H2,1H3,(H2,24,30)(H,25,29). The van der Waals surface area contributed by atoms with E-state index in [1.165, 1.54) is 18.2 Å². The Balaban J connectivity index is 1.57. The van der Waals surface area contributed by atoms with E-state index in [-0.39, 0.29) is 29.6 Å². The summed E-state index contributed by atoms with van der Waals surface area (Å²) in [5.74, 6) is -0.650. The Hall–Kier alpha value is -3.54. The summed E-state index contributed by atoms with van der Waals surface area (Å²) in [6.07, 6.45) is -4.47. The first-order valence-corrected chi connectivity index (χ1v) is 10.1. The molecule has 3 rings (SSSR count). The fourth-order valence-electron chi connectivity index (χ4n) is 2.63. The minimum Gasteiger partial charge on any atom is -0.486 e. The first kappa shape index (κ1) is 23.1. The van der Waals surface area contributed by atoms with Gasteiger partial charge < -0.3 is 20.4 Å². The molecule has 1 aromatic heterocycles. The van der Waals surface area contributed by atoms with Crippen molar-refractivity contribution in [3.05, 3.63) is 65.5 Å². The van der Waals surface area contributed by atoms with Crippen molar-refractivity contribution in [3.63, 3.8) is 0 Å². The van der Waals surface area contributed by atoms with Gasteiger partial charge in [-0.2, -0.15) is 13.2 Å². The molecule has 0 fully saturated rings. The van der Waals surface area contributed by atoms with Crippen LogP contribution in [0.15, 0.2) is 53.7 Å². The van der Waals surface area contributed by atoms with Crippen LogP contribution in [0.5, 0.6) is 5.75 Å². The van der Waals surface area contributed by atoms with E-state index in [0.717, 1.165) is 23.9 Å². The summed E-state index contributed by atoms with van der Waals surface area (Å²) in [6, 6.07) is 10.9.